The van der Waals surface area contributed by atoms with Gasteiger partial charge >= 0.3 is 0 Å². The molecule has 2 heterocycles. The number of nitriles is 1. The van der Waals surface area contributed by atoms with Crippen LogP contribution in [-0.2, 0) is 4.79 Å². The number of amides is 2. The molecule has 142 valence electrons. The summed E-state index contributed by atoms with van der Waals surface area (Å²) < 4.78 is 0. The first kappa shape index (κ1) is 18.2. The van der Waals surface area contributed by atoms with E-state index in [4.69, 9.17) is 5.26 Å². The molecule has 5 heteroatoms. The molecule has 2 aromatic rings. The SMILES string of the molecule is CN1C(=O)[C@@H](c2ccccc2)CC12CCN(C(=O)c1ccc(C#N)cc1)CC2. The quantitative estimate of drug-likeness (QED) is 0.812. The summed E-state index contributed by atoms with van der Waals surface area (Å²) in [6.45, 7) is 1.27. The van der Waals surface area contributed by atoms with Crippen LogP contribution in [0, 0.1) is 11.3 Å². The van der Waals surface area contributed by atoms with Crippen LogP contribution in [0.1, 0.15) is 46.7 Å². The molecule has 1 atom stereocenters. The summed E-state index contributed by atoms with van der Waals surface area (Å²) >= 11 is 0. The van der Waals surface area contributed by atoms with Gasteiger partial charge in [-0.2, -0.15) is 5.26 Å². The van der Waals surface area contributed by atoms with E-state index in [1.54, 1.807) is 24.3 Å². The Morgan fingerprint density at radius 3 is 2.32 bits per heavy atom. The predicted molar refractivity (Wildman–Crippen MR) is 106 cm³/mol. The van der Waals surface area contributed by atoms with Crippen LogP contribution in [0.2, 0.25) is 0 Å². The summed E-state index contributed by atoms with van der Waals surface area (Å²) in [7, 11) is 1.91. The van der Waals surface area contributed by atoms with Crippen molar-refractivity contribution in [1.29, 1.82) is 5.26 Å². The Hall–Kier alpha value is -3.13. The largest absolute Gasteiger partial charge is 0.339 e. The first-order chi connectivity index (χ1) is 13.5. The molecule has 2 aliphatic heterocycles. The number of piperidine rings is 1. The van der Waals surface area contributed by atoms with Crippen LogP contribution in [0.5, 0.6) is 0 Å². The Morgan fingerprint density at radius 2 is 1.71 bits per heavy atom. The molecule has 2 aromatic carbocycles. The molecule has 0 bridgehead atoms. The molecular weight excluding hydrogens is 350 g/mol. The molecular formula is C23H23N3O2. The van der Waals surface area contributed by atoms with Crippen molar-refractivity contribution in [3.63, 3.8) is 0 Å². The lowest BCUT2D eigenvalue weighted by Crippen LogP contribution is -2.52. The van der Waals surface area contributed by atoms with Crippen LogP contribution in [-0.4, -0.2) is 47.3 Å². The molecule has 0 aliphatic carbocycles. The molecule has 2 amide bonds. The predicted octanol–water partition coefficient (Wildman–Crippen LogP) is 3.18. The zero-order chi connectivity index (χ0) is 19.7. The molecule has 4 rings (SSSR count). The molecule has 1 spiro atoms. The Balaban J connectivity index is 1.46. The second kappa shape index (κ2) is 7.12. The molecule has 0 unspecified atom stereocenters. The number of hydrogen-bond donors (Lipinski definition) is 0. The molecule has 28 heavy (non-hydrogen) atoms. The fraction of sp³-hybridized carbons (Fsp3) is 0.348. The average Bonchev–Trinajstić information content (AvgIpc) is 3.00. The van der Waals surface area contributed by atoms with Gasteiger partial charge in [-0.25, -0.2) is 0 Å². The fourth-order valence-corrected chi connectivity index (χ4v) is 4.55. The van der Waals surface area contributed by atoms with Gasteiger partial charge in [-0.3, -0.25) is 9.59 Å². The molecule has 0 saturated carbocycles. The maximum Gasteiger partial charge on any atom is 0.253 e. The summed E-state index contributed by atoms with van der Waals surface area (Å²) in [5, 5.41) is 8.91. The summed E-state index contributed by atoms with van der Waals surface area (Å²) in [6.07, 6.45) is 2.40. The Morgan fingerprint density at radius 1 is 1.07 bits per heavy atom. The van der Waals surface area contributed by atoms with E-state index in [9.17, 15) is 9.59 Å². The highest BCUT2D eigenvalue weighted by molar-refractivity contribution is 5.94. The Bertz CT molecular complexity index is 923. The molecule has 2 saturated heterocycles. The Labute approximate surface area is 165 Å². The number of carbonyl (C=O) groups is 2. The summed E-state index contributed by atoms with van der Waals surface area (Å²) in [5.74, 6) is 0.0796. The topological polar surface area (TPSA) is 64.4 Å². The summed E-state index contributed by atoms with van der Waals surface area (Å²) in [4.78, 5) is 29.5. The minimum absolute atomic E-state index is 0.00840. The van der Waals surface area contributed by atoms with E-state index in [0.29, 0.717) is 24.2 Å². The van der Waals surface area contributed by atoms with Crippen LogP contribution in [0.15, 0.2) is 54.6 Å². The fourth-order valence-electron chi connectivity index (χ4n) is 4.55. The average molecular weight is 373 g/mol. The maximum atomic E-state index is 12.9. The molecule has 2 aliphatic rings. The monoisotopic (exact) mass is 373 g/mol. The number of rotatable bonds is 2. The van der Waals surface area contributed by atoms with Crippen LogP contribution in [0.3, 0.4) is 0 Å². The smallest absolute Gasteiger partial charge is 0.253 e. The van der Waals surface area contributed by atoms with Gasteiger partial charge < -0.3 is 9.80 Å². The van der Waals surface area contributed by atoms with Crippen molar-refractivity contribution in [1.82, 2.24) is 9.80 Å². The maximum absolute atomic E-state index is 12.9. The van der Waals surface area contributed by atoms with E-state index in [1.807, 2.05) is 47.2 Å². The van der Waals surface area contributed by atoms with Crippen molar-refractivity contribution in [2.24, 2.45) is 0 Å². The number of likely N-dealkylation sites (N-methyl/N-ethyl adjacent to an activating group) is 1. The number of likely N-dealkylation sites (tertiary alicyclic amines) is 2. The highest BCUT2D eigenvalue weighted by Gasteiger charge is 2.50. The van der Waals surface area contributed by atoms with Crippen LogP contribution in [0.4, 0.5) is 0 Å². The number of nitrogens with zero attached hydrogens (tertiary/aromatic N) is 3. The van der Waals surface area contributed by atoms with E-state index < -0.39 is 0 Å². The molecule has 5 nitrogen and oxygen atoms in total. The lowest BCUT2D eigenvalue weighted by atomic mass is 9.81. The number of benzene rings is 2. The van der Waals surface area contributed by atoms with Crippen molar-refractivity contribution in [2.45, 2.75) is 30.7 Å². The number of carbonyl (C=O) groups excluding carboxylic acids is 2. The van der Waals surface area contributed by atoms with Gasteiger partial charge in [-0.1, -0.05) is 30.3 Å². The van der Waals surface area contributed by atoms with Crippen molar-refractivity contribution in [3.8, 4) is 6.07 Å². The van der Waals surface area contributed by atoms with E-state index in [1.165, 1.54) is 0 Å². The summed E-state index contributed by atoms with van der Waals surface area (Å²) in [5.41, 5.74) is 2.06. The Kier molecular flexibility index (Phi) is 4.64. The lowest BCUT2D eigenvalue weighted by molar-refractivity contribution is -0.131. The molecule has 0 radical (unpaired) electrons. The van der Waals surface area contributed by atoms with Gasteiger partial charge in [0.25, 0.3) is 5.91 Å². The van der Waals surface area contributed by atoms with Gasteiger partial charge in [0.2, 0.25) is 5.91 Å². The molecule has 0 N–H and O–H groups in total. The number of hydrogen-bond acceptors (Lipinski definition) is 3. The zero-order valence-electron chi connectivity index (χ0n) is 16.0. The van der Waals surface area contributed by atoms with Crippen molar-refractivity contribution in [2.75, 3.05) is 20.1 Å². The highest BCUT2D eigenvalue weighted by atomic mass is 16.2. The van der Waals surface area contributed by atoms with Gasteiger partial charge in [0.05, 0.1) is 17.6 Å². The van der Waals surface area contributed by atoms with Gasteiger partial charge in [0.15, 0.2) is 0 Å². The van der Waals surface area contributed by atoms with Gasteiger partial charge in [0, 0.05) is 31.2 Å². The van der Waals surface area contributed by atoms with Crippen LogP contribution < -0.4 is 0 Å². The lowest BCUT2D eigenvalue weighted by Gasteiger charge is -2.43. The van der Waals surface area contributed by atoms with E-state index >= 15 is 0 Å². The van der Waals surface area contributed by atoms with Crippen LogP contribution >= 0.6 is 0 Å². The van der Waals surface area contributed by atoms with Crippen molar-refractivity contribution >= 4 is 11.8 Å². The first-order valence-electron chi connectivity index (χ1n) is 9.66. The third-order valence-corrected chi connectivity index (χ3v) is 6.37. The van der Waals surface area contributed by atoms with Crippen LogP contribution in [0.25, 0.3) is 0 Å². The van der Waals surface area contributed by atoms with E-state index in [-0.39, 0.29) is 23.3 Å². The molecule has 0 aromatic heterocycles. The van der Waals surface area contributed by atoms with Crippen molar-refractivity contribution in [3.05, 3.63) is 71.3 Å². The van der Waals surface area contributed by atoms with Gasteiger partial charge in [-0.05, 0) is 49.1 Å². The minimum Gasteiger partial charge on any atom is -0.339 e. The molecule has 2 fully saturated rings. The standard InChI is InChI=1S/C23H23N3O2/c1-25-22(28)20(18-5-3-2-4-6-18)15-23(25)11-13-26(14-12-23)21(27)19-9-7-17(16-24)8-10-19/h2-10,20H,11-15H2,1H3/t20-/m1/s1. The second-order valence-corrected chi connectivity index (χ2v) is 7.77. The summed E-state index contributed by atoms with van der Waals surface area (Å²) in [6, 6.07) is 18.8. The minimum atomic E-state index is -0.168. The van der Waals surface area contributed by atoms with Crippen molar-refractivity contribution < 1.29 is 9.59 Å². The normalized spacial score (nSPS) is 21.0. The highest BCUT2D eigenvalue weighted by Crippen LogP contribution is 2.44. The third kappa shape index (κ3) is 3.05. The third-order valence-electron chi connectivity index (χ3n) is 6.37. The van der Waals surface area contributed by atoms with E-state index in [0.717, 1.165) is 24.8 Å². The first-order valence-corrected chi connectivity index (χ1v) is 9.66. The van der Waals surface area contributed by atoms with Gasteiger partial charge in [0.1, 0.15) is 0 Å². The van der Waals surface area contributed by atoms with E-state index in [2.05, 4.69) is 6.07 Å². The van der Waals surface area contributed by atoms with Gasteiger partial charge in [-0.15, -0.1) is 0 Å². The second-order valence-electron chi connectivity index (χ2n) is 7.77. The zero-order valence-corrected chi connectivity index (χ0v) is 16.0.